The number of benzene rings is 2. The van der Waals surface area contributed by atoms with Crippen molar-refractivity contribution >= 4 is 34.0 Å². The predicted molar refractivity (Wildman–Crippen MR) is 118 cm³/mol. The molecule has 1 aliphatic heterocycles. The highest BCUT2D eigenvalue weighted by Gasteiger charge is 2.14. The first-order chi connectivity index (χ1) is 17.7. The van der Waals surface area contributed by atoms with Crippen LogP contribution in [0, 0.1) is 5.82 Å². The molecule has 2 aromatic carbocycles. The number of methoxy groups -OCH3 is 1. The second-order valence-electron chi connectivity index (χ2n) is 6.56. The Morgan fingerprint density at radius 3 is 2.94 bits per heavy atom. The van der Waals surface area contributed by atoms with E-state index in [0.29, 0.717) is 22.4 Å². The van der Waals surface area contributed by atoms with E-state index in [9.17, 15) is 4.39 Å². The topological polar surface area (TPSA) is 68.7 Å². The third-order valence-electron chi connectivity index (χ3n) is 4.49. The number of morpholine rings is 1. The van der Waals surface area contributed by atoms with E-state index in [1.165, 1.54) is 36.7 Å². The fourth-order valence-corrected chi connectivity index (χ4v) is 3.16. The molecule has 0 aliphatic carbocycles. The van der Waals surface area contributed by atoms with Crippen LogP contribution in [-0.4, -0.2) is 61.3 Å². The zero-order valence-corrected chi connectivity index (χ0v) is 17.1. The SMILES string of the molecule is [2H]C([2H])([2H])Oc1cc2ncnc(Nc3ccc(F)c(Cl)c3)c2cc1OCCCN1C([2H])([2H])COCC1([2H])[2H]. The quantitative estimate of drug-likeness (QED) is 0.510. The molecule has 164 valence electrons. The van der Waals surface area contributed by atoms with Crippen LogP contribution in [-0.2, 0) is 4.74 Å². The van der Waals surface area contributed by atoms with Gasteiger partial charge in [-0.2, -0.15) is 0 Å². The van der Waals surface area contributed by atoms with Gasteiger partial charge in [-0.1, -0.05) is 11.6 Å². The molecule has 1 saturated heterocycles. The molecule has 2 heterocycles. The second-order valence-corrected chi connectivity index (χ2v) is 6.96. The Bertz CT molecular complexity index is 1300. The van der Waals surface area contributed by atoms with Crippen molar-refractivity contribution in [2.45, 2.75) is 6.42 Å². The Morgan fingerprint density at radius 1 is 1.26 bits per heavy atom. The van der Waals surface area contributed by atoms with Crippen LogP contribution in [0.5, 0.6) is 11.5 Å². The van der Waals surface area contributed by atoms with E-state index >= 15 is 0 Å². The summed E-state index contributed by atoms with van der Waals surface area (Å²) in [6.07, 6.45) is 1.48. The molecule has 0 bridgehead atoms. The second kappa shape index (κ2) is 10.1. The number of nitrogens with zero attached hydrogens (tertiary/aromatic N) is 3. The molecule has 1 aromatic heterocycles. The first-order valence-electron chi connectivity index (χ1n) is 12.9. The molecular weight excluding hydrogens is 423 g/mol. The van der Waals surface area contributed by atoms with Crippen LogP contribution in [0.25, 0.3) is 10.9 Å². The summed E-state index contributed by atoms with van der Waals surface area (Å²) in [4.78, 5) is 9.48. The third kappa shape index (κ3) is 5.33. The van der Waals surface area contributed by atoms with Crippen molar-refractivity contribution in [2.24, 2.45) is 0 Å². The largest absolute Gasteiger partial charge is 0.493 e. The maximum Gasteiger partial charge on any atom is 0.162 e. The number of halogens is 2. The van der Waals surface area contributed by atoms with Gasteiger partial charge in [0.05, 0.1) is 41.5 Å². The Morgan fingerprint density at radius 2 is 2.13 bits per heavy atom. The first kappa shape index (κ1) is 14.4. The van der Waals surface area contributed by atoms with Crippen molar-refractivity contribution in [1.82, 2.24) is 14.9 Å². The molecule has 0 unspecified atom stereocenters. The monoisotopic (exact) mass is 453 g/mol. The van der Waals surface area contributed by atoms with Gasteiger partial charge in [-0.25, -0.2) is 14.4 Å². The van der Waals surface area contributed by atoms with Gasteiger partial charge >= 0.3 is 0 Å². The van der Waals surface area contributed by atoms with Crippen molar-refractivity contribution in [1.29, 1.82) is 0 Å². The zero-order chi connectivity index (χ0) is 27.7. The van der Waals surface area contributed by atoms with Crippen LogP contribution in [0.3, 0.4) is 0 Å². The minimum atomic E-state index is -2.77. The highest BCUT2D eigenvalue weighted by Crippen LogP contribution is 2.35. The van der Waals surface area contributed by atoms with E-state index in [2.05, 4.69) is 15.3 Å². The van der Waals surface area contributed by atoms with Gasteiger partial charge in [0.2, 0.25) is 0 Å². The summed E-state index contributed by atoms with van der Waals surface area (Å²) in [7, 11) is -2.77. The van der Waals surface area contributed by atoms with E-state index in [4.69, 9.17) is 35.4 Å². The van der Waals surface area contributed by atoms with Crippen molar-refractivity contribution < 1.29 is 28.2 Å². The summed E-state index contributed by atoms with van der Waals surface area (Å²) in [5, 5.41) is 3.39. The van der Waals surface area contributed by atoms with Gasteiger partial charge in [-0.15, -0.1) is 0 Å². The van der Waals surface area contributed by atoms with E-state index in [0.717, 1.165) is 4.90 Å². The molecule has 3 aromatic rings. The van der Waals surface area contributed by atoms with Gasteiger partial charge in [0.1, 0.15) is 18.0 Å². The minimum Gasteiger partial charge on any atom is -0.493 e. The third-order valence-corrected chi connectivity index (χ3v) is 4.78. The number of aromatic nitrogens is 2. The van der Waals surface area contributed by atoms with Crippen LogP contribution in [0.2, 0.25) is 5.02 Å². The van der Waals surface area contributed by atoms with E-state index in [-0.39, 0.29) is 49.3 Å². The molecular formula is C22H24ClFN4O3. The highest BCUT2D eigenvalue weighted by atomic mass is 35.5. The fourth-order valence-electron chi connectivity index (χ4n) is 2.98. The molecule has 4 rings (SSSR count). The van der Waals surface area contributed by atoms with Crippen molar-refractivity contribution in [3.8, 4) is 11.5 Å². The van der Waals surface area contributed by atoms with Crippen molar-refractivity contribution in [3.63, 3.8) is 0 Å². The lowest BCUT2D eigenvalue weighted by Crippen LogP contribution is -2.37. The Kier molecular flexibility index (Phi) is 4.68. The number of fused-ring (bicyclic) bond motifs is 1. The number of nitrogens with one attached hydrogen (secondary N) is 1. The van der Waals surface area contributed by atoms with Crippen molar-refractivity contribution in [3.05, 3.63) is 47.5 Å². The van der Waals surface area contributed by atoms with Gasteiger partial charge in [0.15, 0.2) is 11.5 Å². The fraction of sp³-hybridized carbons (Fsp3) is 0.364. The van der Waals surface area contributed by atoms with Crippen LogP contribution in [0.1, 0.15) is 16.0 Å². The van der Waals surface area contributed by atoms with E-state index in [1.807, 2.05) is 0 Å². The van der Waals surface area contributed by atoms with Gasteiger partial charge in [0, 0.05) is 42.2 Å². The first-order valence-corrected chi connectivity index (χ1v) is 9.81. The molecule has 1 aliphatic rings. The van der Waals surface area contributed by atoms with Gasteiger partial charge < -0.3 is 19.5 Å². The van der Waals surface area contributed by atoms with Gasteiger partial charge in [-0.05, 0) is 30.7 Å². The number of hydrogen-bond acceptors (Lipinski definition) is 7. The van der Waals surface area contributed by atoms with Crippen LogP contribution >= 0.6 is 11.6 Å². The van der Waals surface area contributed by atoms with Crippen LogP contribution in [0.15, 0.2) is 36.7 Å². The molecule has 1 fully saturated rings. The molecule has 0 spiro atoms. The number of rotatable bonds is 8. The Hall–Kier alpha value is -2.68. The molecule has 0 amide bonds. The predicted octanol–water partition coefficient (Wildman–Crippen LogP) is 4.28. The number of anilines is 2. The van der Waals surface area contributed by atoms with E-state index < -0.39 is 25.8 Å². The standard InChI is InChI=1S/C22H24ClFN4O3/c1-29-20-13-19-16(12-21(20)31-8-2-5-28-6-9-30-10-7-28)22(26-14-25-19)27-15-3-4-18(24)17(23)11-15/h3-4,11-14H,2,5-10H2,1H3,(H,25,26,27)/i1D3,6D2,7D2. The minimum absolute atomic E-state index is 0.00356. The molecule has 9 heteroatoms. The number of hydrogen-bond donors (Lipinski definition) is 1. The molecule has 0 radical (unpaired) electrons. The molecule has 31 heavy (non-hydrogen) atoms. The maximum absolute atomic E-state index is 13.6. The van der Waals surface area contributed by atoms with Gasteiger partial charge in [-0.3, -0.25) is 4.90 Å². The lowest BCUT2D eigenvalue weighted by molar-refractivity contribution is 0.0357. The average molecular weight is 454 g/mol. The smallest absolute Gasteiger partial charge is 0.162 e. The highest BCUT2D eigenvalue weighted by molar-refractivity contribution is 6.31. The summed E-state index contributed by atoms with van der Waals surface area (Å²) >= 11 is 5.87. The number of ether oxygens (including phenoxy) is 3. The molecule has 7 nitrogen and oxygen atoms in total. The summed E-state index contributed by atoms with van der Waals surface area (Å²) in [5.41, 5.74) is 0.799. The molecule has 1 N–H and O–H groups in total. The summed E-state index contributed by atoms with van der Waals surface area (Å²) < 4.78 is 84.3. The Balaban J connectivity index is 1.58. The normalized spacial score (nSPS) is 21.5. The van der Waals surface area contributed by atoms with E-state index in [1.54, 1.807) is 0 Å². The zero-order valence-electron chi connectivity index (χ0n) is 23.3. The molecule has 0 saturated carbocycles. The lowest BCUT2D eigenvalue weighted by atomic mass is 10.2. The average Bonchev–Trinajstić information content (AvgIpc) is 2.79. The Labute approximate surface area is 194 Å². The summed E-state index contributed by atoms with van der Waals surface area (Å²) in [6.45, 7) is -4.50. The van der Waals surface area contributed by atoms with Crippen LogP contribution < -0.4 is 14.8 Å². The maximum atomic E-state index is 13.6. The summed E-state index contributed by atoms with van der Waals surface area (Å²) in [5.74, 6) is -0.288. The molecule has 0 atom stereocenters. The lowest BCUT2D eigenvalue weighted by Gasteiger charge is -2.26. The van der Waals surface area contributed by atoms with Crippen molar-refractivity contribution in [2.75, 3.05) is 51.7 Å². The summed E-state index contributed by atoms with van der Waals surface area (Å²) in [6, 6.07) is 6.95. The van der Waals surface area contributed by atoms with Crippen LogP contribution in [0.4, 0.5) is 15.9 Å². The van der Waals surface area contributed by atoms with Gasteiger partial charge in [0.25, 0.3) is 0 Å².